The summed E-state index contributed by atoms with van der Waals surface area (Å²) in [5.74, 6) is 0.574. The molecule has 1 aromatic carbocycles. The lowest BCUT2D eigenvalue weighted by atomic mass is 9.87. The molecule has 1 aliphatic heterocycles. The van der Waals surface area contributed by atoms with Crippen molar-refractivity contribution < 1.29 is 9.53 Å². The summed E-state index contributed by atoms with van der Waals surface area (Å²) in [7, 11) is 1.46. The molecule has 1 aromatic rings. The molecule has 1 fully saturated rings. The topological polar surface area (TPSA) is 38.3 Å². The summed E-state index contributed by atoms with van der Waals surface area (Å²) in [6.45, 7) is 5.93. The summed E-state index contributed by atoms with van der Waals surface area (Å²) in [5.41, 5.74) is 2.56. The second kappa shape index (κ2) is 5.53. The van der Waals surface area contributed by atoms with Crippen LogP contribution in [0.3, 0.4) is 0 Å². The molecule has 1 heterocycles. The molecule has 0 aliphatic carbocycles. The second-order valence-electron chi connectivity index (χ2n) is 5.22. The number of ether oxygens (including phenoxy) is 1. The Bertz CT molecular complexity index is 428. The summed E-state index contributed by atoms with van der Waals surface area (Å²) in [6, 6.07) is 8.55. The Morgan fingerprint density at radius 1 is 1.39 bits per heavy atom. The highest BCUT2D eigenvalue weighted by atomic mass is 16.5. The first-order chi connectivity index (χ1) is 8.63. The molecule has 1 N–H and O–H groups in total. The Labute approximate surface area is 109 Å². The minimum Gasteiger partial charge on any atom is -0.469 e. The van der Waals surface area contributed by atoms with Gasteiger partial charge in [-0.2, -0.15) is 0 Å². The van der Waals surface area contributed by atoms with Gasteiger partial charge in [-0.15, -0.1) is 0 Å². The molecule has 0 saturated carbocycles. The number of carbonyl (C=O) groups excluding carboxylic acids is 1. The third-order valence-electron chi connectivity index (χ3n) is 3.72. The van der Waals surface area contributed by atoms with Crippen molar-refractivity contribution in [3.05, 3.63) is 35.4 Å². The van der Waals surface area contributed by atoms with Gasteiger partial charge in [0, 0.05) is 19.0 Å². The zero-order valence-electron chi connectivity index (χ0n) is 11.3. The third kappa shape index (κ3) is 2.56. The number of hydrogen-bond donors (Lipinski definition) is 1. The van der Waals surface area contributed by atoms with Crippen LogP contribution in [0, 0.1) is 5.92 Å². The molecule has 0 unspecified atom stereocenters. The van der Waals surface area contributed by atoms with E-state index < -0.39 is 0 Å². The molecule has 1 saturated heterocycles. The normalized spacial score (nSPS) is 23.3. The van der Waals surface area contributed by atoms with Gasteiger partial charge in [0.2, 0.25) is 0 Å². The van der Waals surface area contributed by atoms with Crippen LogP contribution in [-0.4, -0.2) is 26.2 Å². The summed E-state index contributed by atoms with van der Waals surface area (Å²) >= 11 is 0. The van der Waals surface area contributed by atoms with Gasteiger partial charge >= 0.3 is 5.97 Å². The van der Waals surface area contributed by atoms with E-state index in [1.54, 1.807) is 0 Å². The fourth-order valence-corrected chi connectivity index (χ4v) is 2.58. The smallest absolute Gasteiger partial charge is 0.310 e. The molecule has 1 aliphatic rings. The van der Waals surface area contributed by atoms with Crippen LogP contribution in [-0.2, 0) is 9.53 Å². The van der Waals surface area contributed by atoms with Gasteiger partial charge < -0.3 is 10.1 Å². The number of carbonyl (C=O) groups is 1. The molecule has 0 amide bonds. The van der Waals surface area contributed by atoms with Gasteiger partial charge in [-0.05, 0) is 17.0 Å². The molecule has 0 aromatic heterocycles. The number of nitrogens with one attached hydrogen (secondary N) is 1. The monoisotopic (exact) mass is 247 g/mol. The van der Waals surface area contributed by atoms with Crippen molar-refractivity contribution in [2.45, 2.75) is 25.7 Å². The average molecular weight is 247 g/mol. The van der Waals surface area contributed by atoms with Gasteiger partial charge in [-0.25, -0.2) is 0 Å². The molecule has 2 rings (SSSR count). The first-order valence-electron chi connectivity index (χ1n) is 6.52. The first-order valence-corrected chi connectivity index (χ1v) is 6.52. The Morgan fingerprint density at radius 3 is 2.83 bits per heavy atom. The SMILES string of the molecule is COC(=O)[C@H]1CNC[C@H]1c1cccc(C(C)C)c1. The number of hydrogen-bond acceptors (Lipinski definition) is 3. The summed E-state index contributed by atoms with van der Waals surface area (Å²) in [4.78, 5) is 11.8. The van der Waals surface area contributed by atoms with Crippen LogP contribution in [0.4, 0.5) is 0 Å². The van der Waals surface area contributed by atoms with E-state index in [1.165, 1.54) is 18.2 Å². The predicted octanol–water partition coefficient (Wildman–Crippen LogP) is 2.29. The molecule has 2 atom stereocenters. The maximum atomic E-state index is 11.8. The summed E-state index contributed by atoms with van der Waals surface area (Å²) in [6.07, 6.45) is 0. The van der Waals surface area contributed by atoms with Gasteiger partial charge in [-0.1, -0.05) is 38.1 Å². The highest BCUT2D eigenvalue weighted by Crippen LogP contribution is 2.30. The Balaban J connectivity index is 2.24. The van der Waals surface area contributed by atoms with E-state index in [1.807, 2.05) is 0 Å². The molecule has 3 heteroatoms. The lowest BCUT2D eigenvalue weighted by Gasteiger charge is -2.18. The largest absolute Gasteiger partial charge is 0.469 e. The van der Waals surface area contributed by atoms with Crippen LogP contribution in [0.2, 0.25) is 0 Å². The van der Waals surface area contributed by atoms with Gasteiger partial charge in [0.15, 0.2) is 0 Å². The van der Waals surface area contributed by atoms with Crippen molar-refractivity contribution in [1.82, 2.24) is 5.32 Å². The van der Waals surface area contributed by atoms with Crippen molar-refractivity contribution in [2.24, 2.45) is 5.92 Å². The maximum absolute atomic E-state index is 11.8. The number of methoxy groups -OCH3 is 1. The predicted molar refractivity (Wildman–Crippen MR) is 71.6 cm³/mol. The minimum absolute atomic E-state index is 0.0580. The number of benzene rings is 1. The Hall–Kier alpha value is -1.35. The maximum Gasteiger partial charge on any atom is 0.310 e. The van der Waals surface area contributed by atoms with Crippen molar-refractivity contribution in [3.8, 4) is 0 Å². The van der Waals surface area contributed by atoms with Gasteiger partial charge in [0.1, 0.15) is 0 Å². The van der Waals surface area contributed by atoms with Crippen LogP contribution in [0.1, 0.15) is 36.8 Å². The molecule has 3 nitrogen and oxygen atoms in total. The van der Waals surface area contributed by atoms with E-state index >= 15 is 0 Å². The standard InChI is InChI=1S/C15H21NO2/c1-10(2)11-5-4-6-12(7-11)13-8-16-9-14(13)15(17)18-3/h4-7,10,13-14,16H,8-9H2,1-3H3/t13-,14-/m0/s1. The molecular weight excluding hydrogens is 226 g/mol. The third-order valence-corrected chi connectivity index (χ3v) is 3.72. The van der Waals surface area contributed by atoms with Crippen LogP contribution in [0.5, 0.6) is 0 Å². The average Bonchev–Trinajstić information content (AvgIpc) is 2.87. The number of esters is 1. The van der Waals surface area contributed by atoms with Gasteiger partial charge in [0.25, 0.3) is 0 Å². The fourth-order valence-electron chi connectivity index (χ4n) is 2.58. The van der Waals surface area contributed by atoms with E-state index in [9.17, 15) is 4.79 Å². The molecular formula is C15H21NO2. The zero-order chi connectivity index (χ0) is 13.1. The van der Waals surface area contributed by atoms with Crippen LogP contribution < -0.4 is 5.32 Å². The van der Waals surface area contributed by atoms with Crippen LogP contribution in [0.25, 0.3) is 0 Å². The van der Waals surface area contributed by atoms with Gasteiger partial charge in [0.05, 0.1) is 13.0 Å². The molecule has 0 spiro atoms. The first kappa shape index (κ1) is 13.1. The van der Waals surface area contributed by atoms with E-state index in [0.717, 1.165) is 6.54 Å². The minimum atomic E-state index is -0.111. The van der Waals surface area contributed by atoms with Crippen LogP contribution in [0.15, 0.2) is 24.3 Å². The van der Waals surface area contributed by atoms with Gasteiger partial charge in [-0.3, -0.25) is 4.79 Å². The second-order valence-corrected chi connectivity index (χ2v) is 5.22. The van der Waals surface area contributed by atoms with E-state index in [-0.39, 0.29) is 17.8 Å². The Morgan fingerprint density at radius 2 is 2.17 bits per heavy atom. The van der Waals surface area contributed by atoms with Crippen molar-refractivity contribution in [2.75, 3.05) is 20.2 Å². The summed E-state index contributed by atoms with van der Waals surface area (Å²) in [5, 5.41) is 3.28. The summed E-state index contributed by atoms with van der Waals surface area (Å²) < 4.78 is 4.88. The van der Waals surface area contributed by atoms with E-state index in [0.29, 0.717) is 12.5 Å². The zero-order valence-corrected chi connectivity index (χ0v) is 11.3. The molecule has 0 bridgehead atoms. The van der Waals surface area contributed by atoms with E-state index in [2.05, 4.69) is 43.4 Å². The molecule has 98 valence electrons. The quantitative estimate of drug-likeness (QED) is 0.833. The lowest BCUT2D eigenvalue weighted by molar-refractivity contribution is -0.145. The fraction of sp³-hybridized carbons (Fsp3) is 0.533. The van der Waals surface area contributed by atoms with Crippen molar-refractivity contribution in [1.29, 1.82) is 0 Å². The highest BCUT2D eigenvalue weighted by Gasteiger charge is 2.34. The van der Waals surface area contributed by atoms with Crippen LogP contribution >= 0.6 is 0 Å². The molecule has 18 heavy (non-hydrogen) atoms. The highest BCUT2D eigenvalue weighted by molar-refractivity contribution is 5.74. The van der Waals surface area contributed by atoms with Crippen molar-refractivity contribution in [3.63, 3.8) is 0 Å². The van der Waals surface area contributed by atoms with E-state index in [4.69, 9.17) is 4.74 Å². The van der Waals surface area contributed by atoms with Crippen molar-refractivity contribution >= 4 is 5.97 Å². The number of rotatable bonds is 3. The Kier molecular flexibility index (Phi) is 4.02. The lowest BCUT2D eigenvalue weighted by Crippen LogP contribution is -2.23. The molecule has 0 radical (unpaired) electrons.